The molecule has 1 aromatic rings. The van der Waals surface area contributed by atoms with Gasteiger partial charge < -0.3 is 19.5 Å². The first-order chi connectivity index (χ1) is 9.27. The Morgan fingerprint density at radius 1 is 1.21 bits per heavy atom. The molecule has 0 saturated heterocycles. The summed E-state index contributed by atoms with van der Waals surface area (Å²) in [6.07, 6.45) is 0. The standard InChI is InChI=1S/C13H21ClN2O3/c1-3-15-10-12-11(14)4-5-13(16-12)19-9-8-18-7-6-17-2/h4-5,15H,3,6-10H2,1-2H3. The summed E-state index contributed by atoms with van der Waals surface area (Å²) in [5.74, 6) is 0.563. The van der Waals surface area contributed by atoms with Crippen LogP contribution >= 0.6 is 11.6 Å². The monoisotopic (exact) mass is 288 g/mol. The Hall–Kier alpha value is -0.880. The van der Waals surface area contributed by atoms with Crippen LogP contribution in [0.25, 0.3) is 0 Å². The molecule has 6 heteroatoms. The maximum atomic E-state index is 6.05. The molecule has 0 aliphatic carbocycles. The zero-order chi connectivity index (χ0) is 13.9. The number of ether oxygens (including phenoxy) is 3. The van der Waals surface area contributed by atoms with Crippen molar-refractivity contribution in [1.29, 1.82) is 0 Å². The van der Waals surface area contributed by atoms with E-state index in [4.69, 9.17) is 25.8 Å². The molecule has 0 amide bonds. The third-order valence-corrected chi connectivity index (χ3v) is 2.69. The van der Waals surface area contributed by atoms with E-state index in [0.717, 1.165) is 12.2 Å². The van der Waals surface area contributed by atoms with Crippen LogP contribution in [-0.4, -0.2) is 45.1 Å². The average Bonchev–Trinajstić information content (AvgIpc) is 2.43. The summed E-state index contributed by atoms with van der Waals surface area (Å²) < 4.78 is 15.7. The lowest BCUT2D eigenvalue weighted by Crippen LogP contribution is -2.14. The molecule has 0 atom stereocenters. The Bertz CT molecular complexity index is 364. The van der Waals surface area contributed by atoms with E-state index >= 15 is 0 Å². The van der Waals surface area contributed by atoms with Gasteiger partial charge in [-0.3, -0.25) is 0 Å². The molecule has 0 fully saturated rings. The fourth-order valence-corrected chi connectivity index (χ4v) is 1.53. The first kappa shape index (κ1) is 16.2. The van der Waals surface area contributed by atoms with Crippen molar-refractivity contribution in [2.75, 3.05) is 40.1 Å². The Morgan fingerprint density at radius 2 is 2.00 bits per heavy atom. The highest BCUT2D eigenvalue weighted by Gasteiger charge is 2.04. The van der Waals surface area contributed by atoms with Crippen molar-refractivity contribution in [3.05, 3.63) is 22.8 Å². The van der Waals surface area contributed by atoms with Crippen molar-refractivity contribution in [1.82, 2.24) is 10.3 Å². The van der Waals surface area contributed by atoms with Gasteiger partial charge in [0.15, 0.2) is 0 Å². The minimum atomic E-state index is 0.457. The van der Waals surface area contributed by atoms with Crippen LogP contribution in [0.15, 0.2) is 12.1 Å². The number of pyridine rings is 1. The number of halogens is 1. The topological polar surface area (TPSA) is 52.6 Å². The molecule has 0 bridgehead atoms. The van der Waals surface area contributed by atoms with Crippen LogP contribution in [0.1, 0.15) is 12.6 Å². The van der Waals surface area contributed by atoms with Gasteiger partial charge in [0.2, 0.25) is 5.88 Å². The number of methoxy groups -OCH3 is 1. The van der Waals surface area contributed by atoms with E-state index < -0.39 is 0 Å². The minimum absolute atomic E-state index is 0.457. The first-order valence-corrected chi connectivity index (χ1v) is 6.71. The molecule has 108 valence electrons. The lowest BCUT2D eigenvalue weighted by atomic mass is 10.3. The molecular formula is C13H21ClN2O3. The number of nitrogens with zero attached hydrogens (tertiary/aromatic N) is 1. The molecule has 0 spiro atoms. The first-order valence-electron chi connectivity index (χ1n) is 6.33. The van der Waals surface area contributed by atoms with Crippen molar-refractivity contribution < 1.29 is 14.2 Å². The van der Waals surface area contributed by atoms with Gasteiger partial charge in [0, 0.05) is 19.7 Å². The molecule has 5 nitrogen and oxygen atoms in total. The number of hydrogen-bond donors (Lipinski definition) is 1. The Kier molecular flexibility index (Phi) is 8.49. The van der Waals surface area contributed by atoms with Crippen molar-refractivity contribution in [3.63, 3.8) is 0 Å². The van der Waals surface area contributed by atoms with Crippen LogP contribution in [0.2, 0.25) is 5.02 Å². The molecular weight excluding hydrogens is 268 g/mol. The zero-order valence-electron chi connectivity index (χ0n) is 11.4. The van der Waals surface area contributed by atoms with Crippen molar-refractivity contribution in [2.24, 2.45) is 0 Å². The Labute approximate surface area is 119 Å². The highest BCUT2D eigenvalue weighted by Crippen LogP contribution is 2.17. The lowest BCUT2D eigenvalue weighted by molar-refractivity contribution is 0.0536. The molecule has 1 aromatic heterocycles. The van der Waals surface area contributed by atoms with Gasteiger partial charge in [-0.05, 0) is 12.6 Å². The zero-order valence-corrected chi connectivity index (χ0v) is 12.2. The van der Waals surface area contributed by atoms with Crippen molar-refractivity contribution in [2.45, 2.75) is 13.5 Å². The third kappa shape index (κ3) is 6.73. The van der Waals surface area contributed by atoms with Gasteiger partial charge in [0.05, 0.1) is 30.5 Å². The molecule has 1 N–H and O–H groups in total. The summed E-state index contributed by atoms with van der Waals surface area (Å²) in [5, 5.41) is 3.83. The molecule has 0 aliphatic rings. The molecule has 0 unspecified atom stereocenters. The molecule has 0 aromatic carbocycles. The van der Waals surface area contributed by atoms with E-state index in [1.165, 1.54) is 0 Å². The van der Waals surface area contributed by atoms with Gasteiger partial charge in [-0.25, -0.2) is 4.98 Å². The van der Waals surface area contributed by atoms with E-state index in [-0.39, 0.29) is 0 Å². The summed E-state index contributed by atoms with van der Waals surface area (Å²) in [4.78, 5) is 4.35. The molecule has 0 saturated carbocycles. The number of hydrogen-bond acceptors (Lipinski definition) is 5. The largest absolute Gasteiger partial charge is 0.475 e. The van der Waals surface area contributed by atoms with Gasteiger partial charge in [0.1, 0.15) is 6.61 Å². The second kappa shape index (κ2) is 9.97. The number of aromatic nitrogens is 1. The van der Waals surface area contributed by atoms with E-state index in [9.17, 15) is 0 Å². The summed E-state index contributed by atoms with van der Waals surface area (Å²) in [6.45, 7) is 5.67. The van der Waals surface area contributed by atoms with Crippen molar-refractivity contribution in [3.8, 4) is 5.88 Å². The summed E-state index contributed by atoms with van der Waals surface area (Å²) >= 11 is 6.05. The summed E-state index contributed by atoms with van der Waals surface area (Å²) in [6, 6.07) is 3.55. The molecule has 0 radical (unpaired) electrons. The minimum Gasteiger partial charge on any atom is -0.475 e. The normalized spacial score (nSPS) is 10.7. The lowest BCUT2D eigenvalue weighted by Gasteiger charge is -2.09. The molecule has 0 aliphatic heterocycles. The van der Waals surface area contributed by atoms with Crippen LogP contribution in [-0.2, 0) is 16.0 Å². The van der Waals surface area contributed by atoms with Gasteiger partial charge in [-0.2, -0.15) is 0 Å². The SMILES string of the molecule is CCNCc1nc(OCCOCCOC)ccc1Cl. The van der Waals surface area contributed by atoms with Gasteiger partial charge in [0.25, 0.3) is 0 Å². The Morgan fingerprint density at radius 3 is 2.74 bits per heavy atom. The van der Waals surface area contributed by atoms with Crippen LogP contribution in [0.3, 0.4) is 0 Å². The molecule has 1 rings (SSSR count). The third-order valence-electron chi connectivity index (χ3n) is 2.34. The van der Waals surface area contributed by atoms with Gasteiger partial charge in [-0.1, -0.05) is 18.5 Å². The number of nitrogens with one attached hydrogen (secondary N) is 1. The van der Waals surface area contributed by atoms with E-state index in [0.29, 0.717) is 43.9 Å². The Balaban J connectivity index is 2.33. The highest BCUT2D eigenvalue weighted by molar-refractivity contribution is 6.31. The quantitative estimate of drug-likeness (QED) is 0.666. The highest BCUT2D eigenvalue weighted by atomic mass is 35.5. The maximum absolute atomic E-state index is 6.05. The smallest absolute Gasteiger partial charge is 0.213 e. The van der Waals surface area contributed by atoms with Gasteiger partial charge in [-0.15, -0.1) is 0 Å². The van der Waals surface area contributed by atoms with Crippen LogP contribution in [0.4, 0.5) is 0 Å². The average molecular weight is 289 g/mol. The van der Waals surface area contributed by atoms with Crippen molar-refractivity contribution >= 4 is 11.6 Å². The molecule has 1 heterocycles. The fraction of sp³-hybridized carbons (Fsp3) is 0.615. The second-order valence-electron chi connectivity index (χ2n) is 3.81. The molecule has 19 heavy (non-hydrogen) atoms. The second-order valence-corrected chi connectivity index (χ2v) is 4.22. The van der Waals surface area contributed by atoms with Crippen LogP contribution < -0.4 is 10.1 Å². The predicted molar refractivity (Wildman–Crippen MR) is 74.8 cm³/mol. The van der Waals surface area contributed by atoms with Crippen LogP contribution in [0, 0.1) is 0 Å². The summed E-state index contributed by atoms with van der Waals surface area (Å²) in [5.41, 5.74) is 0.793. The predicted octanol–water partition coefficient (Wildman–Crippen LogP) is 1.89. The fourth-order valence-electron chi connectivity index (χ4n) is 1.36. The van der Waals surface area contributed by atoms with E-state index in [1.54, 1.807) is 19.2 Å². The van der Waals surface area contributed by atoms with Crippen LogP contribution in [0.5, 0.6) is 5.88 Å². The van der Waals surface area contributed by atoms with E-state index in [2.05, 4.69) is 10.3 Å². The number of rotatable bonds is 10. The van der Waals surface area contributed by atoms with E-state index in [1.807, 2.05) is 6.92 Å². The maximum Gasteiger partial charge on any atom is 0.213 e. The van der Waals surface area contributed by atoms with Gasteiger partial charge >= 0.3 is 0 Å². The summed E-state index contributed by atoms with van der Waals surface area (Å²) in [7, 11) is 1.64.